The molecule has 3 nitrogen and oxygen atoms in total. The molecule has 19 heavy (non-hydrogen) atoms. The first-order valence-electron chi connectivity index (χ1n) is 6.45. The van der Waals surface area contributed by atoms with Gasteiger partial charge in [0.2, 0.25) is 0 Å². The van der Waals surface area contributed by atoms with Gasteiger partial charge in [0.05, 0.1) is 18.9 Å². The van der Waals surface area contributed by atoms with E-state index in [0.717, 1.165) is 23.4 Å². The minimum Gasteiger partial charge on any atom is -0.494 e. The number of halogens is 1. The molecule has 0 saturated carbocycles. The molecule has 1 N–H and O–H groups in total. The van der Waals surface area contributed by atoms with Crippen LogP contribution in [0.1, 0.15) is 31.0 Å². The quantitative estimate of drug-likeness (QED) is 0.867. The van der Waals surface area contributed by atoms with Crippen LogP contribution >= 0.6 is 11.6 Å². The van der Waals surface area contributed by atoms with E-state index in [1.807, 2.05) is 37.3 Å². The highest BCUT2D eigenvalue weighted by molar-refractivity contribution is 6.29. The van der Waals surface area contributed by atoms with Gasteiger partial charge in [-0.15, -0.1) is 0 Å². The standard InChI is InChI=1S/C15H18ClNO2/c1-3-17-14(12-9-10-19-15(12)16)11-7-5-6-8-13(11)18-4-2/h5-10,14,17H,3-4H2,1-2H3. The predicted octanol–water partition coefficient (Wildman–Crippen LogP) is 4.03. The van der Waals surface area contributed by atoms with Gasteiger partial charge in [-0.2, -0.15) is 0 Å². The smallest absolute Gasteiger partial charge is 0.198 e. The summed E-state index contributed by atoms with van der Waals surface area (Å²) in [6.07, 6.45) is 1.60. The molecule has 0 amide bonds. The zero-order valence-corrected chi connectivity index (χ0v) is 11.9. The second kappa shape index (κ2) is 6.64. The summed E-state index contributed by atoms with van der Waals surface area (Å²) >= 11 is 6.10. The van der Waals surface area contributed by atoms with Crippen molar-refractivity contribution in [2.24, 2.45) is 0 Å². The van der Waals surface area contributed by atoms with E-state index < -0.39 is 0 Å². The van der Waals surface area contributed by atoms with Crippen LogP contribution in [0.5, 0.6) is 5.75 Å². The molecule has 0 aliphatic carbocycles. The third-order valence-electron chi connectivity index (χ3n) is 2.90. The van der Waals surface area contributed by atoms with Gasteiger partial charge in [-0.3, -0.25) is 0 Å². The molecular weight excluding hydrogens is 262 g/mol. The highest BCUT2D eigenvalue weighted by Gasteiger charge is 2.21. The van der Waals surface area contributed by atoms with Gasteiger partial charge in [0.25, 0.3) is 0 Å². The van der Waals surface area contributed by atoms with Crippen molar-refractivity contribution in [3.05, 3.63) is 52.9 Å². The molecule has 0 radical (unpaired) electrons. The summed E-state index contributed by atoms with van der Waals surface area (Å²) in [6.45, 7) is 5.50. The molecule has 1 atom stereocenters. The van der Waals surface area contributed by atoms with Crippen LogP contribution in [0.3, 0.4) is 0 Å². The van der Waals surface area contributed by atoms with Crippen LogP contribution < -0.4 is 10.1 Å². The van der Waals surface area contributed by atoms with Crippen molar-refractivity contribution in [3.63, 3.8) is 0 Å². The molecule has 1 unspecified atom stereocenters. The van der Waals surface area contributed by atoms with E-state index in [9.17, 15) is 0 Å². The molecule has 4 heteroatoms. The molecule has 0 fully saturated rings. The molecule has 2 rings (SSSR count). The molecule has 0 saturated heterocycles. The number of furan rings is 1. The Kier molecular flexibility index (Phi) is 4.88. The Morgan fingerprint density at radius 2 is 2.00 bits per heavy atom. The Balaban J connectivity index is 2.42. The Morgan fingerprint density at radius 1 is 1.21 bits per heavy atom. The van der Waals surface area contributed by atoms with Gasteiger partial charge in [-0.25, -0.2) is 0 Å². The maximum absolute atomic E-state index is 6.10. The fraction of sp³-hybridized carbons (Fsp3) is 0.333. The third kappa shape index (κ3) is 3.11. The SMILES string of the molecule is CCNC(c1ccccc1OCC)c1ccoc1Cl. The summed E-state index contributed by atoms with van der Waals surface area (Å²) in [7, 11) is 0. The van der Waals surface area contributed by atoms with Crippen molar-refractivity contribution in [1.29, 1.82) is 0 Å². The lowest BCUT2D eigenvalue weighted by Gasteiger charge is -2.20. The van der Waals surface area contributed by atoms with Crippen LogP contribution in [-0.4, -0.2) is 13.2 Å². The number of nitrogens with one attached hydrogen (secondary N) is 1. The number of ether oxygens (including phenoxy) is 1. The molecule has 102 valence electrons. The fourth-order valence-electron chi connectivity index (χ4n) is 2.11. The van der Waals surface area contributed by atoms with E-state index in [0.29, 0.717) is 11.8 Å². The van der Waals surface area contributed by atoms with Crippen molar-refractivity contribution >= 4 is 11.6 Å². The van der Waals surface area contributed by atoms with Gasteiger partial charge in [0.15, 0.2) is 5.22 Å². The summed E-state index contributed by atoms with van der Waals surface area (Å²) in [5.41, 5.74) is 1.99. The summed E-state index contributed by atoms with van der Waals surface area (Å²) in [4.78, 5) is 0. The second-order valence-corrected chi connectivity index (χ2v) is 4.45. The van der Waals surface area contributed by atoms with Crippen molar-refractivity contribution in [2.45, 2.75) is 19.9 Å². The van der Waals surface area contributed by atoms with Crippen LogP contribution in [-0.2, 0) is 0 Å². The van der Waals surface area contributed by atoms with Crippen LogP contribution in [0, 0.1) is 0 Å². The van der Waals surface area contributed by atoms with E-state index in [2.05, 4.69) is 12.2 Å². The van der Waals surface area contributed by atoms with Crippen LogP contribution in [0.4, 0.5) is 0 Å². The zero-order chi connectivity index (χ0) is 13.7. The van der Waals surface area contributed by atoms with Crippen LogP contribution in [0.2, 0.25) is 5.22 Å². The average molecular weight is 280 g/mol. The molecule has 0 bridgehead atoms. The highest BCUT2D eigenvalue weighted by atomic mass is 35.5. The first kappa shape index (κ1) is 14.0. The lowest BCUT2D eigenvalue weighted by Crippen LogP contribution is -2.22. The summed E-state index contributed by atoms with van der Waals surface area (Å²) in [5.74, 6) is 0.869. The fourth-order valence-corrected chi connectivity index (χ4v) is 2.33. The topological polar surface area (TPSA) is 34.4 Å². The molecule has 1 aromatic heterocycles. The number of hydrogen-bond acceptors (Lipinski definition) is 3. The van der Waals surface area contributed by atoms with Gasteiger partial charge >= 0.3 is 0 Å². The Labute approximate surface area is 118 Å². The number of para-hydroxylation sites is 1. The second-order valence-electron chi connectivity index (χ2n) is 4.11. The molecule has 0 spiro atoms. The minimum atomic E-state index is -0.0287. The molecule has 1 aromatic carbocycles. The lowest BCUT2D eigenvalue weighted by atomic mass is 10.00. The molecule has 2 aromatic rings. The molecular formula is C15H18ClNO2. The number of rotatable bonds is 6. The van der Waals surface area contributed by atoms with Gasteiger partial charge in [0.1, 0.15) is 5.75 Å². The summed E-state index contributed by atoms with van der Waals surface area (Å²) < 4.78 is 10.9. The van der Waals surface area contributed by atoms with E-state index in [1.165, 1.54) is 0 Å². The van der Waals surface area contributed by atoms with Crippen molar-refractivity contribution < 1.29 is 9.15 Å². The van der Waals surface area contributed by atoms with Gasteiger partial charge < -0.3 is 14.5 Å². The maximum atomic E-state index is 6.10. The average Bonchev–Trinajstić information content (AvgIpc) is 2.84. The van der Waals surface area contributed by atoms with Gasteiger partial charge in [-0.1, -0.05) is 25.1 Å². The molecule has 1 heterocycles. The molecule has 0 aliphatic rings. The van der Waals surface area contributed by atoms with E-state index in [1.54, 1.807) is 6.26 Å². The van der Waals surface area contributed by atoms with Gasteiger partial charge in [0, 0.05) is 11.1 Å². The maximum Gasteiger partial charge on any atom is 0.198 e. The number of benzene rings is 1. The van der Waals surface area contributed by atoms with Crippen molar-refractivity contribution in [2.75, 3.05) is 13.2 Å². The van der Waals surface area contributed by atoms with E-state index >= 15 is 0 Å². The Hall–Kier alpha value is -1.45. The minimum absolute atomic E-state index is 0.0287. The number of hydrogen-bond donors (Lipinski definition) is 1. The predicted molar refractivity (Wildman–Crippen MR) is 76.8 cm³/mol. The van der Waals surface area contributed by atoms with Crippen LogP contribution in [0.25, 0.3) is 0 Å². The first-order valence-corrected chi connectivity index (χ1v) is 6.83. The highest BCUT2D eigenvalue weighted by Crippen LogP contribution is 2.34. The lowest BCUT2D eigenvalue weighted by molar-refractivity contribution is 0.333. The first-order chi connectivity index (χ1) is 9.27. The normalized spacial score (nSPS) is 12.4. The Morgan fingerprint density at radius 3 is 2.63 bits per heavy atom. The largest absolute Gasteiger partial charge is 0.494 e. The van der Waals surface area contributed by atoms with E-state index in [-0.39, 0.29) is 6.04 Å². The summed E-state index contributed by atoms with van der Waals surface area (Å²) in [5, 5.41) is 3.83. The van der Waals surface area contributed by atoms with Gasteiger partial charge in [-0.05, 0) is 37.2 Å². The molecule has 0 aliphatic heterocycles. The summed E-state index contributed by atoms with van der Waals surface area (Å²) in [6, 6.07) is 9.83. The Bertz CT molecular complexity index is 524. The van der Waals surface area contributed by atoms with Crippen molar-refractivity contribution in [1.82, 2.24) is 5.32 Å². The third-order valence-corrected chi connectivity index (χ3v) is 3.20. The monoisotopic (exact) mass is 279 g/mol. The van der Waals surface area contributed by atoms with Crippen molar-refractivity contribution in [3.8, 4) is 5.75 Å². The zero-order valence-electron chi connectivity index (χ0n) is 11.2. The van der Waals surface area contributed by atoms with Crippen LogP contribution in [0.15, 0.2) is 41.0 Å². The van der Waals surface area contributed by atoms with E-state index in [4.69, 9.17) is 20.8 Å².